The predicted octanol–water partition coefficient (Wildman–Crippen LogP) is 0.225. The van der Waals surface area contributed by atoms with E-state index in [0.717, 1.165) is 24.2 Å². The molecule has 2 N–H and O–H groups in total. The normalized spacial score (nSPS) is 14.0. The van der Waals surface area contributed by atoms with Crippen LogP contribution in [0.25, 0.3) is 0 Å². The molecule has 0 bridgehead atoms. The Bertz CT molecular complexity index is 697. The molecule has 1 aliphatic rings. The molecule has 2 heterocycles. The third kappa shape index (κ3) is 2.66. The first-order valence-electron chi connectivity index (χ1n) is 6.36. The predicted molar refractivity (Wildman–Crippen MR) is 73.8 cm³/mol. The molecule has 3 rings (SSSR count). The van der Waals surface area contributed by atoms with Crippen LogP contribution in [0.5, 0.6) is 0 Å². The fraction of sp³-hybridized carbons (Fsp3) is 0.333. The molecule has 0 aliphatic carbocycles. The maximum absolute atomic E-state index is 12.2. The number of nitrogens with zero attached hydrogens (tertiary/aromatic N) is 3. The molecular formula is C12H15N5O2S. The second-order valence-electron chi connectivity index (χ2n) is 4.56. The van der Waals surface area contributed by atoms with Crippen LogP contribution in [0.4, 0.5) is 5.69 Å². The van der Waals surface area contributed by atoms with Crippen LogP contribution in [0, 0.1) is 0 Å². The van der Waals surface area contributed by atoms with E-state index in [1.165, 1.54) is 0 Å². The first-order valence-corrected chi connectivity index (χ1v) is 7.84. The van der Waals surface area contributed by atoms with Gasteiger partial charge in [-0.25, -0.2) is 13.1 Å². The third-order valence-corrected chi connectivity index (χ3v) is 4.67. The summed E-state index contributed by atoms with van der Waals surface area (Å²) in [5, 5.41) is 10.6. The van der Waals surface area contributed by atoms with E-state index in [9.17, 15) is 8.42 Å². The van der Waals surface area contributed by atoms with E-state index in [0.29, 0.717) is 6.54 Å². The van der Waals surface area contributed by atoms with Crippen molar-refractivity contribution in [3.8, 4) is 0 Å². The van der Waals surface area contributed by atoms with Crippen LogP contribution in [-0.4, -0.2) is 36.5 Å². The van der Waals surface area contributed by atoms with Gasteiger partial charge in [-0.05, 0) is 24.1 Å². The molecule has 0 radical (unpaired) electrons. The van der Waals surface area contributed by atoms with Gasteiger partial charge >= 0.3 is 0 Å². The van der Waals surface area contributed by atoms with Gasteiger partial charge in [-0.2, -0.15) is 0 Å². The van der Waals surface area contributed by atoms with Crippen LogP contribution in [0.3, 0.4) is 0 Å². The Hall–Kier alpha value is -1.93. The number of anilines is 1. The third-order valence-electron chi connectivity index (χ3n) is 3.21. The molecule has 106 valence electrons. The number of hydrogen-bond donors (Lipinski definition) is 2. The van der Waals surface area contributed by atoms with Crippen molar-refractivity contribution in [1.29, 1.82) is 0 Å². The number of fused-ring (bicyclic) bond motifs is 1. The van der Waals surface area contributed by atoms with Crippen molar-refractivity contribution in [3.63, 3.8) is 0 Å². The molecule has 0 saturated heterocycles. The van der Waals surface area contributed by atoms with E-state index in [4.69, 9.17) is 0 Å². The summed E-state index contributed by atoms with van der Waals surface area (Å²) in [6.45, 7) is 1.58. The highest BCUT2D eigenvalue weighted by atomic mass is 32.2. The topological polar surface area (TPSA) is 88.9 Å². The van der Waals surface area contributed by atoms with Crippen LogP contribution in [0.15, 0.2) is 35.5 Å². The Morgan fingerprint density at radius 2 is 2.30 bits per heavy atom. The number of rotatable bonds is 5. The summed E-state index contributed by atoms with van der Waals surface area (Å²) in [5.41, 5.74) is 2.07. The van der Waals surface area contributed by atoms with E-state index in [1.807, 2.05) is 6.07 Å². The molecule has 20 heavy (non-hydrogen) atoms. The van der Waals surface area contributed by atoms with Crippen molar-refractivity contribution in [1.82, 2.24) is 19.7 Å². The van der Waals surface area contributed by atoms with Gasteiger partial charge < -0.3 is 5.32 Å². The zero-order chi connectivity index (χ0) is 14.0. The monoisotopic (exact) mass is 293 g/mol. The summed E-state index contributed by atoms with van der Waals surface area (Å²) >= 11 is 0. The first kappa shape index (κ1) is 13.1. The van der Waals surface area contributed by atoms with Crippen LogP contribution in [0.2, 0.25) is 0 Å². The molecule has 0 saturated carbocycles. The highest BCUT2D eigenvalue weighted by Crippen LogP contribution is 2.25. The summed E-state index contributed by atoms with van der Waals surface area (Å²) < 4.78 is 28.5. The Morgan fingerprint density at radius 1 is 1.40 bits per heavy atom. The number of aromatic nitrogens is 3. The van der Waals surface area contributed by atoms with Gasteiger partial charge in [-0.1, -0.05) is 11.3 Å². The summed E-state index contributed by atoms with van der Waals surface area (Å²) in [4.78, 5) is 0.282. The first-order chi connectivity index (χ1) is 9.65. The minimum absolute atomic E-state index is 0.274. The lowest BCUT2D eigenvalue weighted by molar-refractivity contribution is 0.553. The van der Waals surface area contributed by atoms with Gasteiger partial charge in [0.15, 0.2) is 0 Å². The number of hydrogen-bond acceptors (Lipinski definition) is 5. The molecule has 7 nitrogen and oxygen atoms in total. The van der Waals surface area contributed by atoms with Crippen LogP contribution in [0.1, 0.15) is 5.56 Å². The van der Waals surface area contributed by atoms with E-state index in [2.05, 4.69) is 20.4 Å². The second-order valence-corrected chi connectivity index (χ2v) is 6.33. The van der Waals surface area contributed by atoms with Crippen molar-refractivity contribution < 1.29 is 8.42 Å². The molecule has 2 aromatic rings. The number of sulfonamides is 1. The standard InChI is InChI=1S/C12H15N5O2S/c18-20(19,15-6-8-17-7-5-14-16-17)11-2-1-10-3-4-13-12(10)9-11/h1-2,5,7,9,13,15H,3-4,6,8H2. The van der Waals surface area contributed by atoms with Gasteiger partial charge in [0.25, 0.3) is 0 Å². The highest BCUT2D eigenvalue weighted by molar-refractivity contribution is 7.89. The molecule has 0 atom stereocenters. The number of nitrogens with one attached hydrogen (secondary N) is 2. The van der Waals surface area contributed by atoms with Crippen LogP contribution >= 0.6 is 0 Å². The van der Waals surface area contributed by atoms with Crippen molar-refractivity contribution >= 4 is 15.7 Å². The summed E-state index contributed by atoms with van der Waals surface area (Å²) in [6, 6.07) is 5.19. The van der Waals surface area contributed by atoms with Gasteiger partial charge in [-0.15, -0.1) is 5.10 Å². The fourth-order valence-corrected chi connectivity index (χ4v) is 3.21. The van der Waals surface area contributed by atoms with E-state index in [1.54, 1.807) is 29.2 Å². The Morgan fingerprint density at radius 3 is 3.10 bits per heavy atom. The van der Waals surface area contributed by atoms with E-state index in [-0.39, 0.29) is 11.4 Å². The minimum Gasteiger partial charge on any atom is -0.384 e. The van der Waals surface area contributed by atoms with Crippen molar-refractivity contribution in [2.24, 2.45) is 0 Å². The largest absolute Gasteiger partial charge is 0.384 e. The molecular weight excluding hydrogens is 278 g/mol. The molecule has 0 amide bonds. The Labute approximate surface area is 117 Å². The Kier molecular flexibility index (Phi) is 3.41. The van der Waals surface area contributed by atoms with Gasteiger partial charge in [-0.3, -0.25) is 4.68 Å². The van der Waals surface area contributed by atoms with Crippen LogP contribution in [-0.2, 0) is 23.0 Å². The maximum atomic E-state index is 12.2. The van der Waals surface area contributed by atoms with Gasteiger partial charge in [0.2, 0.25) is 10.0 Å². The lowest BCUT2D eigenvalue weighted by Gasteiger charge is -2.08. The molecule has 0 fully saturated rings. The summed E-state index contributed by atoms with van der Waals surface area (Å²) in [6.07, 6.45) is 4.18. The van der Waals surface area contributed by atoms with Gasteiger partial charge in [0, 0.05) is 25.0 Å². The molecule has 0 unspecified atom stereocenters. The van der Waals surface area contributed by atoms with Gasteiger partial charge in [0.1, 0.15) is 0 Å². The van der Waals surface area contributed by atoms with E-state index < -0.39 is 10.0 Å². The quantitative estimate of drug-likeness (QED) is 0.823. The smallest absolute Gasteiger partial charge is 0.240 e. The zero-order valence-electron chi connectivity index (χ0n) is 10.8. The molecule has 1 aromatic carbocycles. The maximum Gasteiger partial charge on any atom is 0.240 e. The SMILES string of the molecule is O=S(=O)(NCCn1ccnn1)c1ccc2c(c1)NCC2. The van der Waals surface area contributed by atoms with Crippen molar-refractivity contribution in [3.05, 3.63) is 36.2 Å². The molecule has 1 aliphatic heterocycles. The van der Waals surface area contributed by atoms with Crippen LogP contribution < -0.4 is 10.0 Å². The average molecular weight is 293 g/mol. The highest BCUT2D eigenvalue weighted by Gasteiger charge is 2.17. The average Bonchev–Trinajstić information content (AvgIpc) is 3.08. The molecule has 1 aromatic heterocycles. The lowest BCUT2D eigenvalue weighted by Crippen LogP contribution is -2.27. The summed E-state index contributed by atoms with van der Waals surface area (Å²) in [5.74, 6) is 0. The summed E-state index contributed by atoms with van der Waals surface area (Å²) in [7, 11) is -3.49. The van der Waals surface area contributed by atoms with Crippen molar-refractivity contribution in [2.75, 3.05) is 18.4 Å². The van der Waals surface area contributed by atoms with Gasteiger partial charge in [0.05, 0.1) is 17.6 Å². The fourth-order valence-electron chi connectivity index (χ4n) is 2.17. The van der Waals surface area contributed by atoms with E-state index >= 15 is 0 Å². The van der Waals surface area contributed by atoms with Crippen molar-refractivity contribution in [2.45, 2.75) is 17.9 Å². The molecule has 0 spiro atoms. The Balaban J connectivity index is 1.68. The number of benzene rings is 1. The zero-order valence-corrected chi connectivity index (χ0v) is 11.6. The minimum atomic E-state index is -3.49. The lowest BCUT2D eigenvalue weighted by atomic mass is 10.2. The second kappa shape index (κ2) is 5.22. The molecule has 8 heteroatoms.